The second-order valence-corrected chi connectivity index (χ2v) is 7.56. The molecule has 1 aliphatic heterocycles. The molecule has 126 valence electrons. The smallest absolute Gasteiger partial charge is 0.291 e. The van der Waals surface area contributed by atoms with Crippen molar-refractivity contribution in [3.8, 4) is 0 Å². The van der Waals surface area contributed by atoms with Gasteiger partial charge < -0.3 is 4.90 Å². The van der Waals surface area contributed by atoms with Gasteiger partial charge in [-0.25, -0.2) is 4.68 Å². The van der Waals surface area contributed by atoms with E-state index in [1.165, 1.54) is 4.68 Å². The highest BCUT2D eigenvalue weighted by atomic mass is 32.1. The lowest BCUT2D eigenvalue weighted by atomic mass is 9.99. The summed E-state index contributed by atoms with van der Waals surface area (Å²) >= 11 is 1.60. The number of piperidine rings is 1. The number of likely N-dealkylation sites (tertiary alicyclic amines) is 1. The molecule has 0 spiro atoms. The monoisotopic (exact) mass is 344 g/mol. The first-order valence-electron chi connectivity index (χ1n) is 8.29. The fourth-order valence-corrected chi connectivity index (χ4v) is 4.23. The summed E-state index contributed by atoms with van der Waals surface area (Å²) in [4.78, 5) is 27.1. The number of aryl methyl sites for hydroxylation is 1. The van der Waals surface area contributed by atoms with Crippen LogP contribution in [0.4, 0.5) is 0 Å². The van der Waals surface area contributed by atoms with Crippen molar-refractivity contribution in [3.05, 3.63) is 33.7 Å². The lowest BCUT2D eigenvalue weighted by Gasteiger charge is -2.30. The number of aromatic nitrogens is 3. The van der Waals surface area contributed by atoms with Crippen LogP contribution in [-0.2, 0) is 11.3 Å². The van der Waals surface area contributed by atoms with E-state index in [1.54, 1.807) is 11.3 Å². The Morgan fingerprint density at radius 1 is 1.33 bits per heavy atom. The van der Waals surface area contributed by atoms with Gasteiger partial charge in [0.2, 0.25) is 5.91 Å². The molecule has 1 aliphatic rings. The maximum Gasteiger partial charge on any atom is 0.291 e. The van der Waals surface area contributed by atoms with Crippen molar-refractivity contribution in [2.24, 2.45) is 5.92 Å². The van der Waals surface area contributed by atoms with Crippen LogP contribution in [0.1, 0.15) is 25.6 Å². The predicted octanol–water partition coefficient (Wildman–Crippen LogP) is 2.28. The molecular weight excluding hydrogens is 324 g/mol. The Labute approximate surface area is 143 Å². The molecule has 3 aromatic rings. The van der Waals surface area contributed by atoms with Crippen LogP contribution in [0, 0.1) is 12.8 Å². The highest BCUT2D eigenvalue weighted by Gasteiger charge is 2.22. The summed E-state index contributed by atoms with van der Waals surface area (Å²) in [5, 5.41) is 6.38. The van der Waals surface area contributed by atoms with Gasteiger partial charge >= 0.3 is 0 Å². The summed E-state index contributed by atoms with van der Waals surface area (Å²) < 4.78 is 4.25. The topological polar surface area (TPSA) is 59.6 Å². The van der Waals surface area contributed by atoms with Crippen molar-refractivity contribution in [2.75, 3.05) is 13.1 Å². The number of carbonyl (C=O) groups excluding carboxylic acids is 1. The zero-order valence-corrected chi connectivity index (χ0v) is 14.7. The third kappa shape index (κ3) is 2.43. The quantitative estimate of drug-likeness (QED) is 0.716. The van der Waals surface area contributed by atoms with Gasteiger partial charge in [-0.05, 0) is 43.2 Å². The van der Waals surface area contributed by atoms with Gasteiger partial charge in [-0.2, -0.15) is 5.10 Å². The van der Waals surface area contributed by atoms with Crippen LogP contribution < -0.4 is 5.56 Å². The summed E-state index contributed by atoms with van der Waals surface area (Å²) in [6.07, 6.45) is 2.06. The zero-order valence-electron chi connectivity index (χ0n) is 13.9. The van der Waals surface area contributed by atoms with Crippen LogP contribution in [0.15, 0.2) is 22.3 Å². The molecule has 4 heterocycles. The van der Waals surface area contributed by atoms with E-state index in [2.05, 4.69) is 12.0 Å². The minimum Gasteiger partial charge on any atom is -0.341 e. The Balaban J connectivity index is 1.68. The van der Waals surface area contributed by atoms with Crippen LogP contribution in [0.5, 0.6) is 0 Å². The number of amides is 1. The fourth-order valence-electron chi connectivity index (χ4n) is 3.42. The molecule has 0 N–H and O–H groups in total. The number of nitrogens with zero attached hydrogens (tertiary/aromatic N) is 4. The van der Waals surface area contributed by atoms with Crippen molar-refractivity contribution in [3.63, 3.8) is 0 Å². The molecule has 1 amide bonds. The first kappa shape index (κ1) is 15.4. The van der Waals surface area contributed by atoms with E-state index in [-0.39, 0.29) is 18.0 Å². The number of rotatable bonds is 2. The normalized spacial score (nSPS) is 16.3. The Bertz CT molecular complexity index is 976. The Kier molecular flexibility index (Phi) is 3.68. The number of fused-ring (bicyclic) bond motifs is 3. The lowest BCUT2D eigenvalue weighted by Crippen LogP contribution is -2.42. The van der Waals surface area contributed by atoms with E-state index in [0.29, 0.717) is 11.4 Å². The summed E-state index contributed by atoms with van der Waals surface area (Å²) in [6.45, 7) is 5.65. The molecule has 3 aromatic heterocycles. The highest BCUT2D eigenvalue weighted by Crippen LogP contribution is 2.24. The molecule has 7 heteroatoms. The maximum absolute atomic E-state index is 12.7. The second-order valence-electron chi connectivity index (χ2n) is 6.61. The number of carbonyl (C=O) groups is 1. The first-order valence-corrected chi connectivity index (χ1v) is 9.16. The minimum atomic E-state index is -0.206. The highest BCUT2D eigenvalue weighted by molar-refractivity contribution is 7.17. The molecule has 6 nitrogen and oxygen atoms in total. The molecule has 1 fully saturated rings. The van der Waals surface area contributed by atoms with Crippen LogP contribution in [0.2, 0.25) is 0 Å². The van der Waals surface area contributed by atoms with Crippen molar-refractivity contribution >= 4 is 33.0 Å². The molecule has 0 aromatic carbocycles. The van der Waals surface area contributed by atoms with E-state index in [9.17, 15) is 9.59 Å². The summed E-state index contributed by atoms with van der Waals surface area (Å²) in [5.74, 6) is 1.37. The molecule has 1 saturated heterocycles. The van der Waals surface area contributed by atoms with Gasteiger partial charge in [0.05, 0.1) is 10.2 Å². The van der Waals surface area contributed by atoms with E-state index in [1.807, 2.05) is 33.7 Å². The van der Waals surface area contributed by atoms with Gasteiger partial charge in [0.1, 0.15) is 17.9 Å². The fraction of sp³-hybridized carbons (Fsp3) is 0.471. The zero-order chi connectivity index (χ0) is 16.8. The van der Waals surface area contributed by atoms with Crippen LogP contribution in [0.3, 0.4) is 0 Å². The second kappa shape index (κ2) is 5.73. The lowest BCUT2D eigenvalue weighted by molar-refractivity contribution is -0.133. The summed E-state index contributed by atoms with van der Waals surface area (Å²) in [7, 11) is 0. The minimum absolute atomic E-state index is 0.0172. The third-order valence-electron chi connectivity index (χ3n) is 4.89. The molecule has 0 bridgehead atoms. The molecule has 0 radical (unpaired) electrons. The number of hydrogen-bond donors (Lipinski definition) is 0. The van der Waals surface area contributed by atoms with E-state index >= 15 is 0 Å². The van der Waals surface area contributed by atoms with Gasteiger partial charge in [0.15, 0.2) is 0 Å². The van der Waals surface area contributed by atoms with Crippen LogP contribution >= 0.6 is 11.3 Å². The van der Waals surface area contributed by atoms with E-state index in [4.69, 9.17) is 0 Å². The van der Waals surface area contributed by atoms with Gasteiger partial charge in [-0.1, -0.05) is 6.92 Å². The van der Waals surface area contributed by atoms with Gasteiger partial charge in [0, 0.05) is 13.1 Å². The molecule has 0 saturated carbocycles. The molecule has 4 rings (SSSR count). The van der Waals surface area contributed by atoms with Crippen molar-refractivity contribution in [2.45, 2.75) is 33.2 Å². The van der Waals surface area contributed by atoms with Crippen molar-refractivity contribution in [1.82, 2.24) is 19.1 Å². The summed E-state index contributed by atoms with van der Waals surface area (Å²) in [5.41, 5.74) is 1.38. The SMILES string of the molecule is Cc1nn(CC(=O)N2CCC(C)CC2)c(=O)c2cc3sccc3n12. The van der Waals surface area contributed by atoms with Gasteiger partial charge in [0.25, 0.3) is 5.56 Å². The van der Waals surface area contributed by atoms with Crippen LogP contribution in [-0.4, -0.2) is 38.1 Å². The molecule has 24 heavy (non-hydrogen) atoms. The molecule has 0 atom stereocenters. The molecule has 0 unspecified atom stereocenters. The summed E-state index contributed by atoms with van der Waals surface area (Å²) in [6, 6.07) is 3.88. The van der Waals surface area contributed by atoms with Gasteiger partial charge in [-0.3, -0.25) is 14.0 Å². The Hall–Kier alpha value is -2.15. The first-order chi connectivity index (χ1) is 11.5. The molecular formula is C17H20N4O2S. The standard InChI is InChI=1S/C17H20N4O2S/c1-11-3-6-19(7-4-11)16(22)10-20-17(23)14-9-15-13(5-8-24-15)21(14)12(2)18-20/h5,8-9,11H,3-4,6-7,10H2,1-2H3. The largest absolute Gasteiger partial charge is 0.341 e. The predicted molar refractivity (Wildman–Crippen MR) is 94.6 cm³/mol. The van der Waals surface area contributed by atoms with Crippen molar-refractivity contribution < 1.29 is 4.79 Å². The Morgan fingerprint density at radius 3 is 2.83 bits per heavy atom. The maximum atomic E-state index is 12.7. The number of hydrogen-bond acceptors (Lipinski definition) is 4. The van der Waals surface area contributed by atoms with Gasteiger partial charge in [-0.15, -0.1) is 11.3 Å². The molecule has 0 aliphatic carbocycles. The number of thiophene rings is 1. The van der Waals surface area contributed by atoms with E-state index < -0.39 is 0 Å². The average molecular weight is 344 g/mol. The van der Waals surface area contributed by atoms with E-state index in [0.717, 1.165) is 42.0 Å². The Morgan fingerprint density at radius 2 is 2.08 bits per heavy atom. The van der Waals surface area contributed by atoms with Crippen molar-refractivity contribution in [1.29, 1.82) is 0 Å². The average Bonchev–Trinajstić information content (AvgIpc) is 3.13. The third-order valence-corrected chi connectivity index (χ3v) is 5.74. The van der Waals surface area contributed by atoms with Crippen LogP contribution in [0.25, 0.3) is 15.7 Å².